The molecule has 0 spiro atoms. The number of allylic oxidation sites excluding steroid dienone is 1. The maximum Gasteiger partial charge on any atom is 0.213 e. The van der Waals surface area contributed by atoms with Crippen molar-refractivity contribution >= 4 is 5.57 Å². The van der Waals surface area contributed by atoms with Gasteiger partial charge in [-0.05, 0) is 55.5 Å². The highest BCUT2D eigenvalue weighted by molar-refractivity contribution is 5.72. The molecule has 1 N–H and O–H groups in total. The zero-order valence-corrected chi connectivity index (χ0v) is 14.8. The van der Waals surface area contributed by atoms with Gasteiger partial charge in [0.1, 0.15) is 12.4 Å². The summed E-state index contributed by atoms with van der Waals surface area (Å²) in [7, 11) is 1.75. The summed E-state index contributed by atoms with van der Waals surface area (Å²) in [5.74, 6) is 1.70. The Kier molecular flexibility index (Phi) is 6.46. The summed E-state index contributed by atoms with van der Waals surface area (Å²) in [5, 5.41) is 3.42. The average Bonchev–Trinajstić information content (AvgIpc) is 2.67. The van der Waals surface area contributed by atoms with Gasteiger partial charge >= 0.3 is 0 Å². The number of fused-ring (bicyclic) bond motifs is 1. The molecule has 1 aliphatic rings. The van der Waals surface area contributed by atoms with Crippen LogP contribution < -0.4 is 14.8 Å². The second-order valence-electron chi connectivity index (χ2n) is 6.12. The zero-order chi connectivity index (χ0) is 17.3. The molecule has 1 aromatic carbocycles. The molecule has 0 atom stereocenters. The van der Waals surface area contributed by atoms with Crippen molar-refractivity contribution in [3.63, 3.8) is 0 Å². The van der Waals surface area contributed by atoms with Crippen molar-refractivity contribution in [2.24, 2.45) is 0 Å². The van der Waals surface area contributed by atoms with Gasteiger partial charge in [0.05, 0.1) is 7.11 Å². The van der Waals surface area contributed by atoms with E-state index < -0.39 is 0 Å². The Labute approximate surface area is 149 Å². The number of nitrogens with zero attached hydrogens (tertiary/aromatic N) is 1. The zero-order valence-electron chi connectivity index (χ0n) is 14.8. The summed E-state index contributed by atoms with van der Waals surface area (Å²) in [5.41, 5.74) is 4.18. The van der Waals surface area contributed by atoms with Crippen molar-refractivity contribution in [3.05, 3.63) is 59.8 Å². The Hall–Kier alpha value is -2.33. The first-order chi connectivity index (χ1) is 12.4. The monoisotopic (exact) mass is 338 g/mol. The SMILES string of the molecule is COc1cccc2c1CCC/C2=C/CCNCCOc1ccccn1. The van der Waals surface area contributed by atoms with Gasteiger partial charge in [-0.25, -0.2) is 4.98 Å². The van der Waals surface area contributed by atoms with Crippen molar-refractivity contribution in [2.75, 3.05) is 26.8 Å². The van der Waals surface area contributed by atoms with E-state index in [1.165, 1.54) is 23.1 Å². The van der Waals surface area contributed by atoms with Crippen molar-refractivity contribution in [3.8, 4) is 11.6 Å². The minimum absolute atomic E-state index is 0.633. The molecule has 4 nitrogen and oxygen atoms in total. The molecule has 132 valence electrons. The molecule has 0 unspecified atom stereocenters. The molecule has 0 radical (unpaired) electrons. The molecular formula is C21H26N2O2. The van der Waals surface area contributed by atoms with E-state index in [9.17, 15) is 0 Å². The number of hydrogen-bond acceptors (Lipinski definition) is 4. The molecule has 25 heavy (non-hydrogen) atoms. The number of pyridine rings is 1. The van der Waals surface area contributed by atoms with E-state index in [1.54, 1.807) is 13.3 Å². The van der Waals surface area contributed by atoms with Crippen molar-refractivity contribution in [2.45, 2.75) is 25.7 Å². The fourth-order valence-electron chi connectivity index (χ4n) is 3.25. The predicted octanol–water partition coefficient (Wildman–Crippen LogP) is 3.87. The van der Waals surface area contributed by atoms with Crippen LogP contribution in [0.3, 0.4) is 0 Å². The van der Waals surface area contributed by atoms with Gasteiger partial charge in [0, 0.05) is 24.4 Å². The summed E-state index contributed by atoms with van der Waals surface area (Å²) in [6.45, 7) is 2.41. The number of aromatic nitrogens is 1. The second-order valence-corrected chi connectivity index (χ2v) is 6.12. The molecule has 0 aliphatic heterocycles. The van der Waals surface area contributed by atoms with Crippen molar-refractivity contribution < 1.29 is 9.47 Å². The molecule has 0 amide bonds. The van der Waals surface area contributed by atoms with E-state index in [-0.39, 0.29) is 0 Å². The highest BCUT2D eigenvalue weighted by Crippen LogP contribution is 2.35. The smallest absolute Gasteiger partial charge is 0.213 e. The lowest BCUT2D eigenvalue weighted by Crippen LogP contribution is -2.22. The summed E-state index contributed by atoms with van der Waals surface area (Å²) in [6, 6.07) is 12.1. The third-order valence-corrected chi connectivity index (χ3v) is 4.45. The quantitative estimate of drug-likeness (QED) is 0.742. The molecule has 1 aromatic heterocycles. The van der Waals surface area contributed by atoms with E-state index >= 15 is 0 Å². The molecule has 3 rings (SSSR count). The number of hydrogen-bond donors (Lipinski definition) is 1. The lowest BCUT2D eigenvalue weighted by Gasteiger charge is -2.21. The third-order valence-electron chi connectivity index (χ3n) is 4.45. The van der Waals surface area contributed by atoms with Crippen molar-refractivity contribution in [1.29, 1.82) is 0 Å². The Morgan fingerprint density at radius 1 is 1.12 bits per heavy atom. The highest BCUT2D eigenvalue weighted by Gasteiger charge is 2.16. The normalized spacial score (nSPS) is 15.0. The Balaban J connectivity index is 1.43. The number of methoxy groups -OCH3 is 1. The number of rotatable bonds is 8. The van der Waals surface area contributed by atoms with Crippen LogP contribution in [0.15, 0.2) is 48.7 Å². The maximum absolute atomic E-state index is 5.57. The lowest BCUT2D eigenvalue weighted by molar-refractivity contribution is 0.303. The number of ether oxygens (including phenoxy) is 2. The average molecular weight is 338 g/mol. The molecule has 0 saturated heterocycles. The molecule has 0 saturated carbocycles. The molecule has 1 aliphatic carbocycles. The van der Waals surface area contributed by atoms with E-state index in [2.05, 4.69) is 34.6 Å². The molecule has 4 heteroatoms. The Morgan fingerprint density at radius 2 is 2.08 bits per heavy atom. The fourth-order valence-corrected chi connectivity index (χ4v) is 3.25. The summed E-state index contributed by atoms with van der Waals surface area (Å²) in [4.78, 5) is 4.14. The van der Waals surface area contributed by atoms with Crippen LogP contribution in [0.25, 0.3) is 5.57 Å². The standard InChI is InChI=1S/C21H26N2O2/c1-24-20-11-5-9-18-17(7-4-10-19(18)20)8-6-13-22-15-16-25-21-12-2-3-14-23-21/h2-3,5,8-9,11-12,14,22H,4,6-7,10,13,15-16H2,1H3/b17-8-. The summed E-state index contributed by atoms with van der Waals surface area (Å²) in [6.07, 6.45) is 8.60. The van der Waals surface area contributed by atoms with Gasteiger partial charge in [0.25, 0.3) is 0 Å². The van der Waals surface area contributed by atoms with Gasteiger partial charge in [-0.1, -0.05) is 24.3 Å². The largest absolute Gasteiger partial charge is 0.496 e. The first kappa shape index (κ1) is 17.5. The van der Waals surface area contributed by atoms with E-state index in [0.29, 0.717) is 12.5 Å². The minimum atomic E-state index is 0.633. The maximum atomic E-state index is 5.57. The molecular weight excluding hydrogens is 312 g/mol. The number of benzene rings is 1. The molecule has 0 bridgehead atoms. The van der Waals surface area contributed by atoms with Gasteiger partial charge in [-0.3, -0.25) is 0 Å². The molecule has 0 fully saturated rings. The van der Waals surface area contributed by atoms with E-state index in [0.717, 1.165) is 38.1 Å². The van der Waals surface area contributed by atoms with Crippen molar-refractivity contribution in [1.82, 2.24) is 10.3 Å². The number of nitrogens with one attached hydrogen (secondary N) is 1. The minimum Gasteiger partial charge on any atom is -0.496 e. The van der Waals surface area contributed by atoms with Crippen LogP contribution in [0.1, 0.15) is 30.4 Å². The van der Waals surface area contributed by atoms with Gasteiger partial charge < -0.3 is 14.8 Å². The van der Waals surface area contributed by atoms with E-state index in [1.807, 2.05) is 18.2 Å². The first-order valence-electron chi connectivity index (χ1n) is 8.98. The summed E-state index contributed by atoms with van der Waals surface area (Å²) >= 11 is 0. The van der Waals surface area contributed by atoms with E-state index in [4.69, 9.17) is 9.47 Å². The highest BCUT2D eigenvalue weighted by atomic mass is 16.5. The van der Waals surface area contributed by atoms with Crippen LogP contribution in [-0.2, 0) is 6.42 Å². The lowest BCUT2D eigenvalue weighted by atomic mass is 9.86. The third kappa shape index (κ3) is 4.83. The van der Waals surface area contributed by atoms with Crippen LogP contribution in [0.2, 0.25) is 0 Å². The second kappa shape index (κ2) is 9.23. The van der Waals surface area contributed by atoms with Crippen LogP contribution in [0.4, 0.5) is 0 Å². The summed E-state index contributed by atoms with van der Waals surface area (Å²) < 4.78 is 11.1. The van der Waals surface area contributed by atoms with Crippen LogP contribution in [0.5, 0.6) is 11.6 Å². The Morgan fingerprint density at radius 3 is 2.92 bits per heavy atom. The first-order valence-corrected chi connectivity index (χ1v) is 8.98. The van der Waals surface area contributed by atoms with Crippen LogP contribution >= 0.6 is 0 Å². The van der Waals surface area contributed by atoms with Gasteiger partial charge in [-0.2, -0.15) is 0 Å². The fraction of sp³-hybridized carbons (Fsp3) is 0.381. The Bertz CT molecular complexity index is 698. The van der Waals surface area contributed by atoms with Crippen LogP contribution in [-0.4, -0.2) is 31.8 Å². The van der Waals surface area contributed by atoms with Gasteiger partial charge in [0.2, 0.25) is 5.88 Å². The molecule has 1 heterocycles. The topological polar surface area (TPSA) is 43.4 Å². The van der Waals surface area contributed by atoms with Gasteiger partial charge in [0.15, 0.2) is 0 Å². The molecule has 2 aromatic rings. The predicted molar refractivity (Wildman–Crippen MR) is 101 cm³/mol. The van der Waals surface area contributed by atoms with Crippen LogP contribution in [0, 0.1) is 0 Å². The van der Waals surface area contributed by atoms with Gasteiger partial charge in [-0.15, -0.1) is 0 Å².